The van der Waals surface area contributed by atoms with Gasteiger partial charge in [-0.2, -0.15) is 0 Å². The Morgan fingerprint density at radius 2 is 1.91 bits per heavy atom. The number of hydrogen-bond donors (Lipinski definition) is 1. The van der Waals surface area contributed by atoms with Crippen molar-refractivity contribution in [1.82, 2.24) is 0 Å². The van der Waals surface area contributed by atoms with E-state index in [1.54, 1.807) is 12.1 Å². The Bertz CT molecular complexity index is 1070. The third-order valence-corrected chi connectivity index (χ3v) is 5.40. The molecule has 2 unspecified atom stereocenters. The number of carboxylic acid groups (broad SMARTS) is 1. The minimum absolute atomic E-state index is 0.0397. The quantitative estimate of drug-likeness (QED) is 0.476. The Morgan fingerprint density at radius 3 is 2.62 bits per heavy atom. The maximum Gasteiger partial charge on any atom is 0.339 e. The standard InChI is InChI=1S/C27H30O7/c1-4-5-13-30-19-11-12-21-20(15-19)25(32-17(2)3)24(27(28)29)26(34-21)22-16-31-23(33-22)14-18-9-7-6-8-10-18/h6-12,15-17,23,26H,4-5,13-14H2,1-3H3,(H,28,29). The predicted octanol–water partition coefficient (Wildman–Crippen LogP) is 5.30. The van der Waals surface area contributed by atoms with Gasteiger partial charge in [-0.25, -0.2) is 4.79 Å². The minimum Gasteiger partial charge on any atom is -0.494 e. The normalized spacial score (nSPS) is 19.0. The fourth-order valence-corrected chi connectivity index (χ4v) is 3.81. The second-order valence-corrected chi connectivity index (χ2v) is 8.47. The van der Waals surface area contributed by atoms with Gasteiger partial charge in [0.1, 0.15) is 29.1 Å². The lowest BCUT2D eigenvalue weighted by Crippen LogP contribution is -2.33. The summed E-state index contributed by atoms with van der Waals surface area (Å²) in [5, 5.41) is 10.1. The van der Waals surface area contributed by atoms with Crippen LogP contribution in [-0.2, 0) is 25.4 Å². The number of hydrogen-bond acceptors (Lipinski definition) is 6. The van der Waals surface area contributed by atoms with Gasteiger partial charge < -0.3 is 28.8 Å². The van der Waals surface area contributed by atoms with Gasteiger partial charge in [0, 0.05) is 6.42 Å². The van der Waals surface area contributed by atoms with Crippen molar-refractivity contribution in [3.63, 3.8) is 0 Å². The Labute approximate surface area is 199 Å². The molecule has 0 saturated heterocycles. The fraction of sp³-hybridized carbons (Fsp3) is 0.370. The zero-order valence-corrected chi connectivity index (χ0v) is 19.7. The van der Waals surface area contributed by atoms with Crippen molar-refractivity contribution in [3.05, 3.63) is 77.3 Å². The van der Waals surface area contributed by atoms with Gasteiger partial charge in [-0.15, -0.1) is 0 Å². The summed E-state index contributed by atoms with van der Waals surface area (Å²) in [5.41, 5.74) is 1.55. The van der Waals surface area contributed by atoms with E-state index in [2.05, 4.69) is 6.92 Å². The average molecular weight is 467 g/mol. The van der Waals surface area contributed by atoms with E-state index in [4.69, 9.17) is 23.7 Å². The average Bonchev–Trinajstić information content (AvgIpc) is 3.27. The number of aliphatic carboxylic acids is 1. The maximum atomic E-state index is 12.4. The molecule has 4 rings (SSSR count). The molecule has 2 aromatic carbocycles. The molecule has 0 aliphatic carbocycles. The smallest absolute Gasteiger partial charge is 0.339 e. The molecule has 0 amide bonds. The number of fused-ring (bicyclic) bond motifs is 1. The molecule has 2 atom stereocenters. The van der Waals surface area contributed by atoms with Crippen LogP contribution in [0.1, 0.15) is 44.7 Å². The number of benzene rings is 2. The van der Waals surface area contributed by atoms with Crippen molar-refractivity contribution >= 4 is 11.7 Å². The largest absolute Gasteiger partial charge is 0.494 e. The first kappa shape index (κ1) is 23.5. The SMILES string of the molecule is CCCCOc1ccc2c(c1)C(OC(C)C)=C(C(=O)O)C(C1=COC(Cc3ccccc3)O1)O2. The van der Waals surface area contributed by atoms with Crippen LogP contribution in [0.25, 0.3) is 5.76 Å². The molecule has 2 heterocycles. The van der Waals surface area contributed by atoms with Crippen LogP contribution < -0.4 is 9.47 Å². The van der Waals surface area contributed by atoms with Gasteiger partial charge in [-0.1, -0.05) is 43.7 Å². The Kier molecular flexibility index (Phi) is 7.30. The highest BCUT2D eigenvalue weighted by Crippen LogP contribution is 2.42. The summed E-state index contributed by atoms with van der Waals surface area (Å²) in [6.07, 6.45) is 2.07. The molecule has 0 bridgehead atoms. The molecule has 2 aliphatic heterocycles. The third kappa shape index (κ3) is 5.30. The molecule has 1 N–H and O–H groups in total. The van der Waals surface area contributed by atoms with E-state index in [0.29, 0.717) is 30.1 Å². The van der Waals surface area contributed by atoms with Crippen LogP contribution in [0, 0.1) is 0 Å². The summed E-state index contributed by atoms with van der Waals surface area (Å²) < 4.78 is 29.6. The van der Waals surface area contributed by atoms with Gasteiger partial charge in [0.15, 0.2) is 11.9 Å². The first-order chi connectivity index (χ1) is 16.5. The highest BCUT2D eigenvalue weighted by molar-refractivity contribution is 5.98. The number of carbonyl (C=O) groups is 1. The lowest BCUT2D eigenvalue weighted by Gasteiger charge is -2.30. The first-order valence-electron chi connectivity index (χ1n) is 11.6. The molecule has 7 nitrogen and oxygen atoms in total. The summed E-state index contributed by atoms with van der Waals surface area (Å²) >= 11 is 0. The second-order valence-electron chi connectivity index (χ2n) is 8.47. The van der Waals surface area contributed by atoms with Crippen molar-refractivity contribution in [2.45, 2.75) is 58.5 Å². The zero-order valence-electron chi connectivity index (χ0n) is 19.7. The van der Waals surface area contributed by atoms with Crippen LogP contribution in [0.5, 0.6) is 11.5 Å². The summed E-state index contributed by atoms with van der Waals surface area (Å²) in [4.78, 5) is 12.4. The third-order valence-electron chi connectivity index (χ3n) is 5.40. The minimum atomic E-state index is -1.15. The Hall–Kier alpha value is -3.61. The fourth-order valence-electron chi connectivity index (χ4n) is 3.81. The van der Waals surface area contributed by atoms with Crippen molar-refractivity contribution in [2.75, 3.05) is 6.61 Å². The molecule has 0 radical (unpaired) electrons. The maximum absolute atomic E-state index is 12.4. The van der Waals surface area contributed by atoms with Gasteiger partial charge in [0.05, 0.1) is 18.3 Å². The molecule has 2 aromatic rings. The monoisotopic (exact) mass is 466 g/mol. The highest BCUT2D eigenvalue weighted by atomic mass is 16.7. The molecule has 0 fully saturated rings. The molecule has 0 aromatic heterocycles. The van der Waals surface area contributed by atoms with Crippen LogP contribution in [0.4, 0.5) is 0 Å². The van der Waals surface area contributed by atoms with Crippen LogP contribution in [0.3, 0.4) is 0 Å². The molecular weight excluding hydrogens is 436 g/mol. The van der Waals surface area contributed by atoms with Crippen molar-refractivity contribution in [3.8, 4) is 11.5 Å². The lowest BCUT2D eigenvalue weighted by atomic mass is 9.98. The number of carboxylic acids is 1. The van der Waals surface area contributed by atoms with E-state index in [0.717, 1.165) is 18.4 Å². The van der Waals surface area contributed by atoms with E-state index in [1.165, 1.54) is 6.26 Å². The summed E-state index contributed by atoms with van der Waals surface area (Å²) in [6, 6.07) is 15.1. The van der Waals surface area contributed by atoms with Crippen LogP contribution in [-0.4, -0.2) is 36.2 Å². The topological polar surface area (TPSA) is 83.5 Å². The molecule has 34 heavy (non-hydrogen) atoms. The van der Waals surface area contributed by atoms with E-state index >= 15 is 0 Å². The molecule has 180 valence electrons. The summed E-state index contributed by atoms with van der Waals surface area (Å²) in [5.74, 6) is 0.498. The molecule has 2 aliphatic rings. The van der Waals surface area contributed by atoms with Crippen molar-refractivity contribution < 1.29 is 33.6 Å². The van der Waals surface area contributed by atoms with Crippen LogP contribution in [0.15, 0.2) is 66.1 Å². The van der Waals surface area contributed by atoms with Crippen LogP contribution >= 0.6 is 0 Å². The van der Waals surface area contributed by atoms with E-state index < -0.39 is 18.4 Å². The van der Waals surface area contributed by atoms with Crippen LogP contribution in [0.2, 0.25) is 0 Å². The molecule has 7 heteroatoms. The van der Waals surface area contributed by atoms with Gasteiger partial charge in [-0.3, -0.25) is 0 Å². The van der Waals surface area contributed by atoms with E-state index in [1.807, 2.05) is 50.2 Å². The van der Waals surface area contributed by atoms with Gasteiger partial charge in [0.25, 0.3) is 0 Å². The van der Waals surface area contributed by atoms with E-state index in [-0.39, 0.29) is 23.2 Å². The number of rotatable bonds is 10. The van der Waals surface area contributed by atoms with Gasteiger partial charge in [0.2, 0.25) is 6.29 Å². The zero-order chi connectivity index (χ0) is 24.1. The highest BCUT2D eigenvalue weighted by Gasteiger charge is 2.41. The molecular formula is C27H30O7. The lowest BCUT2D eigenvalue weighted by molar-refractivity contribution is -0.134. The number of unbranched alkanes of at least 4 members (excludes halogenated alkanes) is 1. The number of ether oxygens (including phenoxy) is 5. The van der Waals surface area contributed by atoms with Crippen molar-refractivity contribution in [2.24, 2.45) is 0 Å². The first-order valence-corrected chi connectivity index (χ1v) is 11.6. The van der Waals surface area contributed by atoms with Gasteiger partial charge in [-0.05, 0) is 44.0 Å². The summed E-state index contributed by atoms with van der Waals surface area (Å²) in [7, 11) is 0. The summed E-state index contributed by atoms with van der Waals surface area (Å²) in [6.45, 7) is 6.37. The Morgan fingerprint density at radius 1 is 1.12 bits per heavy atom. The van der Waals surface area contributed by atoms with Gasteiger partial charge >= 0.3 is 5.97 Å². The molecule has 0 saturated carbocycles. The van der Waals surface area contributed by atoms with Crippen molar-refractivity contribution in [1.29, 1.82) is 0 Å². The second kappa shape index (κ2) is 10.5. The molecule has 0 spiro atoms. The van der Waals surface area contributed by atoms with E-state index in [9.17, 15) is 9.90 Å². The Balaban J connectivity index is 1.63. The predicted molar refractivity (Wildman–Crippen MR) is 126 cm³/mol.